The summed E-state index contributed by atoms with van der Waals surface area (Å²) >= 11 is 5.92. The maximum Gasteiger partial charge on any atom is 0.326 e. The summed E-state index contributed by atoms with van der Waals surface area (Å²) < 4.78 is 5.19. The summed E-state index contributed by atoms with van der Waals surface area (Å²) in [7, 11) is 1.53. The van der Waals surface area contributed by atoms with Crippen LogP contribution < -0.4 is 4.74 Å². The van der Waals surface area contributed by atoms with E-state index in [0.29, 0.717) is 35.7 Å². The highest BCUT2D eigenvalue weighted by Crippen LogP contribution is 2.24. The molecule has 112 valence electrons. The lowest BCUT2D eigenvalue weighted by Gasteiger charge is -2.19. The third-order valence-corrected chi connectivity index (χ3v) is 3.65. The number of carbonyl (C=O) groups is 2. The molecular formula is C15H16ClNO4. The number of carbonyl (C=O) groups excluding carboxylic acids is 1. The van der Waals surface area contributed by atoms with E-state index in [2.05, 4.69) is 0 Å². The fourth-order valence-electron chi connectivity index (χ4n) is 2.38. The molecule has 1 fully saturated rings. The molecule has 1 aliphatic heterocycles. The molecule has 1 saturated heterocycles. The Bertz CT molecular complexity index is 585. The summed E-state index contributed by atoms with van der Waals surface area (Å²) in [5.41, 5.74) is 0.671. The number of nitrogens with zero attached hydrogens (tertiary/aromatic N) is 1. The Kier molecular flexibility index (Phi) is 4.85. The third kappa shape index (κ3) is 3.55. The van der Waals surface area contributed by atoms with Crippen molar-refractivity contribution in [2.45, 2.75) is 18.9 Å². The number of methoxy groups -OCH3 is 1. The zero-order valence-corrected chi connectivity index (χ0v) is 12.3. The van der Waals surface area contributed by atoms with Gasteiger partial charge in [0.05, 0.1) is 7.11 Å². The number of hydrogen-bond donors (Lipinski definition) is 1. The molecule has 1 aromatic carbocycles. The van der Waals surface area contributed by atoms with Gasteiger partial charge in [-0.2, -0.15) is 0 Å². The number of halogens is 1. The minimum atomic E-state index is -0.963. The minimum Gasteiger partial charge on any atom is -0.496 e. The van der Waals surface area contributed by atoms with Gasteiger partial charge in [0.2, 0.25) is 5.91 Å². The van der Waals surface area contributed by atoms with Crippen LogP contribution in [0.5, 0.6) is 5.75 Å². The molecule has 0 bridgehead atoms. The monoisotopic (exact) mass is 309 g/mol. The average Bonchev–Trinajstić information content (AvgIpc) is 2.94. The Hall–Kier alpha value is -2.01. The standard InChI is InChI=1S/C15H16ClNO4/c1-21-13-6-5-11(16)9-10(13)4-7-14(18)17-8-2-3-12(17)15(19)20/h4-7,9,12H,2-3,8H2,1H3,(H,19,20). The van der Waals surface area contributed by atoms with E-state index in [1.165, 1.54) is 18.1 Å². The lowest BCUT2D eigenvalue weighted by molar-refractivity contribution is -0.146. The summed E-state index contributed by atoms with van der Waals surface area (Å²) in [6.07, 6.45) is 4.14. The van der Waals surface area contributed by atoms with Crippen molar-refractivity contribution in [2.75, 3.05) is 13.7 Å². The number of rotatable bonds is 4. The predicted octanol–water partition coefficient (Wildman–Crippen LogP) is 2.44. The highest BCUT2D eigenvalue weighted by Gasteiger charge is 2.32. The van der Waals surface area contributed by atoms with Gasteiger partial charge in [-0.05, 0) is 37.1 Å². The largest absolute Gasteiger partial charge is 0.496 e. The van der Waals surface area contributed by atoms with E-state index in [-0.39, 0.29) is 5.91 Å². The van der Waals surface area contributed by atoms with Gasteiger partial charge in [-0.3, -0.25) is 4.79 Å². The SMILES string of the molecule is COc1ccc(Cl)cc1C=CC(=O)N1CCCC1C(=O)O. The van der Waals surface area contributed by atoms with Gasteiger partial charge in [-0.15, -0.1) is 0 Å². The maximum absolute atomic E-state index is 12.1. The summed E-state index contributed by atoms with van der Waals surface area (Å²) in [5.74, 6) is -0.684. The second-order valence-electron chi connectivity index (χ2n) is 4.75. The molecule has 0 spiro atoms. The van der Waals surface area contributed by atoms with Gasteiger partial charge >= 0.3 is 5.97 Å². The van der Waals surface area contributed by atoms with Crippen LogP contribution in [0.2, 0.25) is 5.02 Å². The molecule has 1 heterocycles. The first-order valence-electron chi connectivity index (χ1n) is 6.58. The Morgan fingerprint density at radius 1 is 1.48 bits per heavy atom. The van der Waals surface area contributed by atoms with E-state index in [1.807, 2.05) is 0 Å². The summed E-state index contributed by atoms with van der Waals surface area (Å²) in [6.45, 7) is 0.465. The molecule has 1 N–H and O–H groups in total. The first-order valence-corrected chi connectivity index (χ1v) is 6.95. The molecule has 0 aromatic heterocycles. The number of carboxylic acid groups (broad SMARTS) is 1. The first kappa shape index (κ1) is 15.4. The number of carboxylic acids is 1. The number of likely N-dealkylation sites (tertiary alicyclic amines) is 1. The van der Waals surface area contributed by atoms with Crippen LogP contribution >= 0.6 is 11.6 Å². The number of hydrogen-bond acceptors (Lipinski definition) is 3. The predicted molar refractivity (Wildman–Crippen MR) is 79.4 cm³/mol. The van der Waals surface area contributed by atoms with E-state index in [9.17, 15) is 9.59 Å². The molecule has 0 radical (unpaired) electrons. The molecule has 1 unspecified atom stereocenters. The molecule has 5 nitrogen and oxygen atoms in total. The van der Waals surface area contributed by atoms with Crippen molar-refractivity contribution >= 4 is 29.6 Å². The minimum absolute atomic E-state index is 0.318. The fraction of sp³-hybridized carbons (Fsp3) is 0.333. The van der Waals surface area contributed by atoms with Gasteiger partial charge in [-0.1, -0.05) is 11.6 Å². The lowest BCUT2D eigenvalue weighted by Crippen LogP contribution is -2.39. The molecule has 21 heavy (non-hydrogen) atoms. The van der Waals surface area contributed by atoms with E-state index in [4.69, 9.17) is 21.4 Å². The van der Waals surface area contributed by atoms with Crippen LogP contribution in [-0.4, -0.2) is 41.6 Å². The van der Waals surface area contributed by atoms with E-state index in [1.54, 1.807) is 24.3 Å². The molecule has 1 amide bonds. The van der Waals surface area contributed by atoms with Gasteiger partial charge in [-0.25, -0.2) is 4.79 Å². The number of amides is 1. The van der Waals surface area contributed by atoms with Crippen LogP contribution in [-0.2, 0) is 9.59 Å². The van der Waals surface area contributed by atoms with E-state index >= 15 is 0 Å². The molecule has 2 rings (SSSR count). The van der Waals surface area contributed by atoms with Crippen LogP contribution in [0.15, 0.2) is 24.3 Å². The molecular weight excluding hydrogens is 294 g/mol. The fourth-order valence-corrected chi connectivity index (χ4v) is 2.56. The molecule has 6 heteroatoms. The topological polar surface area (TPSA) is 66.8 Å². The summed E-state index contributed by atoms with van der Waals surface area (Å²) in [6, 6.07) is 4.36. The lowest BCUT2D eigenvalue weighted by atomic mass is 10.1. The van der Waals surface area contributed by atoms with Crippen LogP contribution in [0.1, 0.15) is 18.4 Å². The average molecular weight is 310 g/mol. The Labute approximate surface area is 127 Å². The van der Waals surface area contributed by atoms with E-state index in [0.717, 1.165) is 0 Å². The molecule has 1 aromatic rings. The van der Waals surface area contributed by atoms with Gasteiger partial charge in [0.15, 0.2) is 0 Å². The second-order valence-corrected chi connectivity index (χ2v) is 5.18. The van der Waals surface area contributed by atoms with Crippen LogP contribution in [0.4, 0.5) is 0 Å². The van der Waals surface area contributed by atoms with Gasteiger partial charge in [0.25, 0.3) is 0 Å². The smallest absolute Gasteiger partial charge is 0.326 e. The van der Waals surface area contributed by atoms with Crippen molar-refractivity contribution in [1.82, 2.24) is 4.90 Å². The highest BCUT2D eigenvalue weighted by atomic mass is 35.5. The zero-order chi connectivity index (χ0) is 15.4. The number of aliphatic carboxylic acids is 1. The van der Waals surface area contributed by atoms with Crippen molar-refractivity contribution in [1.29, 1.82) is 0 Å². The third-order valence-electron chi connectivity index (χ3n) is 3.42. The summed E-state index contributed by atoms with van der Waals surface area (Å²) in [4.78, 5) is 24.6. The first-order chi connectivity index (χ1) is 10.0. The van der Waals surface area contributed by atoms with Crippen molar-refractivity contribution in [2.24, 2.45) is 0 Å². The van der Waals surface area contributed by atoms with Crippen molar-refractivity contribution in [3.8, 4) is 5.75 Å². The van der Waals surface area contributed by atoms with Crippen molar-refractivity contribution in [3.05, 3.63) is 34.9 Å². The molecule has 1 atom stereocenters. The Balaban J connectivity index is 2.15. The second kappa shape index (κ2) is 6.63. The zero-order valence-electron chi connectivity index (χ0n) is 11.6. The maximum atomic E-state index is 12.1. The van der Waals surface area contributed by atoms with E-state index < -0.39 is 12.0 Å². The molecule has 1 aliphatic rings. The van der Waals surface area contributed by atoms with Crippen molar-refractivity contribution < 1.29 is 19.4 Å². The van der Waals surface area contributed by atoms with Gasteiger partial charge in [0, 0.05) is 23.2 Å². The molecule has 0 aliphatic carbocycles. The van der Waals surface area contributed by atoms with Gasteiger partial charge in [0.1, 0.15) is 11.8 Å². The molecule has 0 saturated carbocycles. The van der Waals surface area contributed by atoms with Crippen molar-refractivity contribution in [3.63, 3.8) is 0 Å². The van der Waals surface area contributed by atoms with Crippen LogP contribution in [0.3, 0.4) is 0 Å². The normalized spacial score (nSPS) is 18.2. The van der Waals surface area contributed by atoms with Crippen LogP contribution in [0.25, 0.3) is 6.08 Å². The Morgan fingerprint density at radius 2 is 2.24 bits per heavy atom. The van der Waals surface area contributed by atoms with Crippen LogP contribution in [0, 0.1) is 0 Å². The number of benzene rings is 1. The number of ether oxygens (including phenoxy) is 1. The van der Waals surface area contributed by atoms with Gasteiger partial charge < -0.3 is 14.7 Å². The summed E-state index contributed by atoms with van der Waals surface area (Å²) in [5, 5.41) is 9.62. The quantitative estimate of drug-likeness (QED) is 0.868. The highest BCUT2D eigenvalue weighted by molar-refractivity contribution is 6.30. The Morgan fingerprint density at radius 3 is 2.90 bits per heavy atom.